The Labute approximate surface area is 96.7 Å². The number of hydrogen-bond donors (Lipinski definition) is 1. The van der Waals surface area contributed by atoms with E-state index in [1.54, 1.807) is 0 Å². The van der Waals surface area contributed by atoms with E-state index >= 15 is 0 Å². The molecule has 1 atom stereocenters. The van der Waals surface area contributed by atoms with Gasteiger partial charge in [0.2, 0.25) is 0 Å². The van der Waals surface area contributed by atoms with E-state index in [1.807, 2.05) is 0 Å². The molecular formula is C12H23F2NO. The fraction of sp³-hybridized carbons (Fsp3) is 1.00. The molecule has 0 amide bonds. The molecule has 0 bridgehead atoms. The predicted molar refractivity (Wildman–Crippen MR) is 60.9 cm³/mol. The van der Waals surface area contributed by atoms with E-state index in [0.29, 0.717) is 19.3 Å². The number of hydrogen-bond acceptors (Lipinski definition) is 2. The van der Waals surface area contributed by atoms with Gasteiger partial charge in [-0.3, -0.25) is 0 Å². The van der Waals surface area contributed by atoms with E-state index in [-0.39, 0.29) is 0 Å². The van der Waals surface area contributed by atoms with Crippen molar-refractivity contribution in [3.05, 3.63) is 0 Å². The third kappa shape index (κ3) is 5.75. The summed E-state index contributed by atoms with van der Waals surface area (Å²) >= 11 is 0. The number of alkyl halides is 2. The molecule has 0 aromatic rings. The first-order chi connectivity index (χ1) is 7.70. The van der Waals surface area contributed by atoms with E-state index in [4.69, 9.17) is 4.74 Å². The first-order valence-electron chi connectivity index (χ1n) is 6.33. The first kappa shape index (κ1) is 13.8. The summed E-state index contributed by atoms with van der Waals surface area (Å²) in [6, 6.07) is -0.713. The van der Waals surface area contributed by atoms with Gasteiger partial charge in [-0.15, -0.1) is 0 Å². The molecule has 0 spiro atoms. The van der Waals surface area contributed by atoms with Gasteiger partial charge in [0.25, 0.3) is 6.43 Å². The van der Waals surface area contributed by atoms with Crippen LogP contribution in [-0.2, 0) is 4.74 Å². The van der Waals surface area contributed by atoms with Gasteiger partial charge in [0.05, 0.1) is 12.1 Å². The maximum atomic E-state index is 12.1. The molecule has 0 radical (unpaired) electrons. The number of halogens is 2. The molecule has 2 nitrogen and oxygen atoms in total. The zero-order valence-electron chi connectivity index (χ0n) is 10.1. The number of rotatable bonds is 7. The van der Waals surface area contributed by atoms with Crippen LogP contribution in [0.25, 0.3) is 0 Å². The van der Waals surface area contributed by atoms with E-state index in [0.717, 1.165) is 6.42 Å². The lowest BCUT2D eigenvalue weighted by molar-refractivity contribution is 0.0260. The Bertz CT molecular complexity index is 172. The molecule has 0 heterocycles. The summed E-state index contributed by atoms with van der Waals surface area (Å²) < 4.78 is 30.0. The second-order valence-corrected chi connectivity index (χ2v) is 4.56. The highest BCUT2D eigenvalue weighted by atomic mass is 19.3. The van der Waals surface area contributed by atoms with Crippen LogP contribution in [0.1, 0.15) is 45.4 Å². The number of nitrogens with one attached hydrogen (secondary N) is 1. The van der Waals surface area contributed by atoms with Gasteiger partial charge in [0.1, 0.15) is 0 Å². The van der Waals surface area contributed by atoms with Crippen molar-refractivity contribution in [1.82, 2.24) is 5.32 Å². The van der Waals surface area contributed by atoms with Crippen molar-refractivity contribution >= 4 is 0 Å². The monoisotopic (exact) mass is 235 g/mol. The minimum Gasteiger partial charge on any atom is -0.378 e. The van der Waals surface area contributed by atoms with E-state index in [2.05, 4.69) is 5.32 Å². The molecule has 1 aliphatic carbocycles. The molecule has 0 saturated heterocycles. The van der Waals surface area contributed by atoms with Crippen molar-refractivity contribution in [1.29, 1.82) is 0 Å². The summed E-state index contributed by atoms with van der Waals surface area (Å²) in [5, 5.41) is 2.79. The third-order valence-electron chi connectivity index (χ3n) is 3.07. The van der Waals surface area contributed by atoms with E-state index in [9.17, 15) is 8.78 Å². The zero-order chi connectivity index (χ0) is 11.8. The summed E-state index contributed by atoms with van der Waals surface area (Å²) in [6.07, 6.45) is 5.15. The quantitative estimate of drug-likeness (QED) is 0.685. The van der Waals surface area contributed by atoms with Gasteiger partial charge in [0.15, 0.2) is 0 Å². The molecular weight excluding hydrogens is 212 g/mol. The summed E-state index contributed by atoms with van der Waals surface area (Å²) in [5.74, 6) is 0. The van der Waals surface area contributed by atoms with Crippen molar-refractivity contribution < 1.29 is 13.5 Å². The van der Waals surface area contributed by atoms with Gasteiger partial charge < -0.3 is 10.1 Å². The third-order valence-corrected chi connectivity index (χ3v) is 3.07. The average Bonchev–Trinajstić information content (AvgIpc) is 2.29. The van der Waals surface area contributed by atoms with Crippen LogP contribution in [0, 0.1) is 0 Å². The highest BCUT2D eigenvalue weighted by Gasteiger charge is 2.14. The Morgan fingerprint density at radius 3 is 2.56 bits per heavy atom. The van der Waals surface area contributed by atoms with Crippen LogP contribution in [0.3, 0.4) is 0 Å². The van der Waals surface area contributed by atoms with Crippen LogP contribution < -0.4 is 5.32 Å². The molecule has 1 unspecified atom stereocenters. The minimum atomic E-state index is -2.28. The fourth-order valence-corrected chi connectivity index (χ4v) is 1.97. The maximum Gasteiger partial charge on any atom is 0.253 e. The molecule has 0 aromatic carbocycles. The van der Waals surface area contributed by atoms with Crippen LogP contribution in [0.15, 0.2) is 0 Å². The highest BCUT2D eigenvalue weighted by molar-refractivity contribution is 4.66. The molecule has 1 rings (SSSR count). The molecule has 16 heavy (non-hydrogen) atoms. The zero-order valence-corrected chi connectivity index (χ0v) is 10.1. The summed E-state index contributed by atoms with van der Waals surface area (Å²) in [7, 11) is 0. The molecule has 4 heteroatoms. The topological polar surface area (TPSA) is 21.3 Å². The Morgan fingerprint density at radius 2 is 1.94 bits per heavy atom. The second-order valence-electron chi connectivity index (χ2n) is 4.56. The van der Waals surface area contributed by atoms with Gasteiger partial charge in [0, 0.05) is 6.61 Å². The fourth-order valence-electron chi connectivity index (χ4n) is 1.97. The van der Waals surface area contributed by atoms with Gasteiger partial charge in [-0.2, -0.15) is 0 Å². The summed E-state index contributed by atoms with van der Waals surface area (Å²) in [5.41, 5.74) is 0. The molecule has 96 valence electrons. The predicted octanol–water partition coefficient (Wildman–Crippen LogP) is 2.97. The average molecular weight is 235 g/mol. The van der Waals surface area contributed by atoms with Crippen molar-refractivity contribution in [2.75, 3.05) is 13.2 Å². The van der Waals surface area contributed by atoms with Crippen molar-refractivity contribution in [2.45, 2.75) is 64.0 Å². The SMILES string of the molecule is CC(NCCCOC1CCCCC1)C(F)F. The Morgan fingerprint density at radius 1 is 1.25 bits per heavy atom. The van der Waals surface area contributed by atoms with Crippen LogP contribution in [0.4, 0.5) is 8.78 Å². The first-order valence-corrected chi connectivity index (χ1v) is 6.33. The van der Waals surface area contributed by atoms with Gasteiger partial charge in [-0.05, 0) is 32.7 Å². The van der Waals surface area contributed by atoms with Crippen LogP contribution in [-0.4, -0.2) is 31.7 Å². The minimum absolute atomic E-state index is 0.418. The number of ether oxygens (including phenoxy) is 1. The van der Waals surface area contributed by atoms with E-state index < -0.39 is 12.5 Å². The Hall–Kier alpha value is -0.220. The largest absolute Gasteiger partial charge is 0.378 e. The molecule has 1 fully saturated rings. The second kappa shape index (κ2) is 7.96. The lowest BCUT2D eigenvalue weighted by Gasteiger charge is -2.22. The smallest absolute Gasteiger partial charge is 0.253 e. The van der Waals surface area contributed by atoms with Gasteiger partial charge >= 0.3 is 0 Å². The van der Waals surface area contributed by atoms with Gasteiger partial charge in [-0.25, -0.2) is 8.78 Å². The van der Waals surface area contributed by atoms with Gasteiger partial charge in [-0.1, -0.05) is 19.3 Å². The summed E-state index contributed by atoms with van der Waals surface area (Å²) in [4.78, 5) is 0. The van der Waals surface area contributed by atoms with Crippen molar-refractivity contribution in [3.8, 4) is 0 Å². The molecule has 0 aliphatic heterocycles. The Kier molecular flexibility index (Phi) is 6.88. The standard InChI is InChI=1S/C12H23F2NO/c1-10(12(13)14)15-8-5-9-16-11-6-3-2-4-7-11/h10-12,15H,2-9H2,1H3. The van der Waals surface area contributed by atoms with Crippen molar-refractivity contribution in [2.24, 2.45) is 0 Å². The lowest BCUT2D eigenvalue weighted by atomic mass is 9.98. The highest BCUT2D eigenvalue weighted by Crippen LogP contribution is 2.20. The maximum absolute atomic E-state index is 12.1. The lowest BCUT2D eigenvalue weighted by Crippen LogP contribution is -2.33. The van der Waals surface area contributed by atoms with Crippen molar-refractivity contribution in [3.63, 3.8) is 0 Å². The summed E-state index contributed by atoms with van der Waals surface area (Å²) in [6.45, 7) is 2.80. The molecule has 1 aliphatic rings. The molecule has 1 saturated carbocycles. The van der Waals surface area contributed by atoms with Crippen LogP contribution in [0.2, 0.25) is 0 Å². The molecule has 0 aromatic heterocycles. The molecule has 1 N–H and O–H groups in total. The van der Waals surface area contributed by atoms with E-state index in [1.165, 1.54) is 39.0 Å². The normalized spacial score (nSPS) is 20.2. The van der Waals surface area contributed by atoms with Crippen LogP contribution in [0.5, 0.6) is 0 Å². The van der Waals surface area contributed by atoms with Crippen LogP contribution >= 0.6 is 0 Å². The Balaban J connectivity index is 1.91.